The number of ether oxygens (including phenoxy) is 2. The fourth-order valence-corrected chi connectivity index (χ4v) is 5.94. The lowest BCUT2D eigenvalue weighted by atomic mass is 10.2. The van der Waals surface area contributed by atoms with Gasteiger partial charge in [0.15, 0.2) is 0 Å². The zero-order chi connectivity index (χ0) is 27.2. The predicted octanol–water partition coefficient (Wildman–Crippen LogP) is 4.79. The molecule has 3 heterocycles. The summed E-state index contributed by atoms with van der Waals surface area (Å²) in [7, 11) is 1.19. The normalized spacial score (nSPS) is 14.0. The Morgan fingerprint density at radius 3 is 2.64 bits per heavy atom. The number of halogens is 1. The molecule has 1 aliphatic rings. The summed E-state index contributed by atoms with van der Waals surface area (Å²) in [5.41, 5.74) is 4.50. The van der Waals surface area contributed by atoms with Gasteiger partial charge in [-0.3, -0.25) is 14.9 Å². The molecular weight excluding hydrogens is 579 g/mol. The number of anilines is 5. The molecule has 12 heteroatoms. The lowest BCUT2D eigenvalue weighted by molar-refractivity contribution is 0.0398. The quantitative estimate of drug-likeness (QED) is 0.217. The van der Waals surface area contributed by atoms with E-state index in [4.69, 9.17) is 14.5 Å². The minimum absolute atomic E-state index is 0.446. The molecule has 2 aromatic carbocycles. The smallest absolute Gasteiger partial charge is 0.229 e. The Labute approximate surface area is 237 Å². The van der Waals surface area contributed by atoms with Gasteiger partial charge >= 0.3 is 0 Å². The number of morpholine rings is 1. The zero-order valence-electron chi connectivity index (χ0n) is 22.2. The summed E-state index contributed by atoms with van der Waals surface area (Å²) in [6.45, 7) is 9.76. The number of methoxy groups -OCH3 is 1. The molecule has 0 amide bonds. The van der Waals surface area contributed by atoms with Gasteiger partial charge in [-0.25, -0.2) is 4.98 Å². The van der Waals surface area contributed by atoms with Gasteiger partial charge < -0.3 is 25.4 Å². The fourth-order valence-electron chi connectivity index (χ4n) is 4.44. The first-order chi connectivity index (χ1) is 19.0. The molecule has 0 unspecified atom stereocenters. The number of aromatic nitrogens is 4. The second-order valence-electron chi connectivity index (χ2n) is 9.22. The molecule has 1 aliphatic heterocycles. The first-order valence-electron chi connectivity index (χ1n) is 12.7. The maximum atomic E-state index is 5.60. The van der Waals surface area contributed by atoms with Crippen LogP contribution in [-0.4, -0.2) is 84.7 Å². The van der Waals surface area contributed by atoms with Crippen molar-refractivity contribution in [1.82, 2.24) is 24.8 Å². The molecule has 4 aromatic rings. The van der Waals surface area contributed by atoms with Crippen molar-refractivity contribution in [2.24, 2.45) is 0 Å². The highest BCUT2D eigenvalue weighted by Gasteiger charge is 2.16. The molecule has 1 fully saturated rings. The summed E-state index contributed by atoms with van der Waals surface area (Å²) < 4.78 is 11.8. The first kappa shape index (κ1) is 27.5. The Kier molecular flexibility index (Phi) is 9.03. The summed E-state index contributed by atoms with van der Waals surface area (Å²) in [5.74, 6) is 1.79. The number of hydrogen-bond donors (Lipinski definition) is 3. The lowest BCUT2D eigenvalue weighted by Crippen LogP contribution is -2.39. The van der Waals surface area contributed by atoms with Crippen molar-refractivity contribution in [3.05, 3.63) is 53.4 Å². The van der Waals surface area contributed by atoms with Gasteiger partial charge in [0.05, 0.1) is 41.5 Å². The molecule has 39 heavy (non-hydrogen) atoms. The second-order valence-corrected chi connectivity index (χ2v) is 12.3. The number of fused-ring (bicyclic) bond motifs is 1. The van der Waals surface area contributed by atoms with Gasteiger partial charge in [0.25, 0.3) is 0 Å². The monoisotopic (exact) mass is 610 g/mol. The van der Waals surface area contributed by atoms with E-state index in [9.17, 15) is 0 Å². The van der Waals surface area contributed by atoms with Crippen molar-refractivity contribution >= 4 is 69.0 Å². The van der Waals surface area contributed by atoms with Gasteiger partial charge in [0, 0.05) is 61.4 Å². The Balaban J connectivity index is 1.34. The third kappa shape index (κ3) is 6.73. The first-order valence-corrected chi connectivity index (χ1v) is 15.7. The van der Waals surface area contributed by atoms with Crippen LogP contribution in [0.15, 0.2) is 53.4 Å². The Bertz CT molecular complexity index is 1430. The van der Waals surface area contributed by atoms with E-state index in [0.717, 1.165) is 77.3 Å². The molecule has 204 valence electrons. The maximum Gasteiger partial charge on any atom is 0.229 e. The van der Waals surface area contributed by atoms with Gasteiger partial charge in [0.1, 0.15) is 11.6 Å². The summed E-state index contributed by atoms with van der Waals surface area (Å²) >= 11 is 3.60. The maximum absolute atomic E-state index is 5.60. The molecule has 0 spiro atoms. The molecule has 0 radical (unpaired) electrons. The van der Waals surface area contributed by atoms with Crippen LogP contribution in [-0.2, 0) is 4.74 Å². The summed E-state index contributed by atoms with van der Waals surface area (Å²) in [6, 6.07) is 9.97. The number of nitrogens with one attached hydrogen (secondary N) is 3. The highest BCUT2D eigenvalue weighted by atomic mass is 79.9. The van der Waals surface area contributed by atoms with Crippen LogP contribution in [0.5, 0.6) is 5.75 Å². The predicted molar refractivity (Wildman–Crippen MR) is 163 cm³/mol. The molecule has 10 nitrogen and oxygen atoms in total. The minimum Gasteiger partial charge on any atom is -0.495 e. The summed E-state index contributed by atoms with van der Waals surface area (Å²) in [5, 5.41) is 11.5. The van der Waals surface area contributed by atoms with Crippen LogP contribution in [0.2, 0.25) is 0 Å². The largest absolute Gasteiger partial charge is 0.495 e. The van der Waals surface area contributed by atoms with Crippen LogP contribution in [0, 0.1) is 0 Å². The van der Waals surface area contributed by atoms with E-state index >= 15 is 0 Å². The van der Waals surface area contributed by atoms with E-state index in [1.165, 1.54) is 0 Å². The number of benzene rings is 2. The van der Waals surface area contributed by atoms with Gasteiger partial charge in [0.2, 0.25) is 5.95 Å². The van der Waals surface area contributed by atoms with E-state index in [1.807, 2.05) is 30.3 Å². The lowest BCUT2D eigenvalue weighted by Gasteiger charge is -2.26. The van der Waals surface area contributed by atoms with Gasteiger partial charge in [-0.15, -0.1) is 0 Å². The van der Waals surface area contributed by atoms with E-state index in [2.05, 4.69) is 65.1 Å². The SMILES string of the molecule is COc1ccc(NCCN2CCOCC2)cc1Nc1ncc(Br)c(Nc2ccc3nccnc3c2P(C)C)n1. The molecule has 0 saturated carbocycles. The van der Waals surface area contributed by atoms with Crippen molar-refractivity contribution in [1.29, 1.82) is 0 Å². The molecular formula is C27H32BrN8O2P. The third-order valence-electron chi connectivity index (χ3n) is 6.37. The van der Waals surface area contributed by atoms with E-state index < -0.39 is 7.92 Å². The van der Waals surface area contributed by atoms with Crippen molar-refractivity contribution in [2.75, 3.05) is 75.8 Å². The van der Waals surface area contributed by atoms with Crippen LogP contribution in [0.1, 0.15) is 0 Å². The molecule has 0 bridgehead atoms. The van der Waals surface area contributed by atoms with E-state index in [1.54, 1.807) is 25.7 Å². The second kappa shape index (κ2) is 12.8. The van der Waals surface area contributed by atoms with Gasteiger partial charge in [-0.1, -0.05) is 7.92 Å². The van der Waals surface area contributed by atoms with Crippen LogP contribution >= 0.6 is 23.9 Å². The third-order valence-corrected chi connectivity index (χ3v) is 8.29. The highest BCUT2D eigenvalue weighted by Crippen LogP contribution is 2.35. The van der Waals surface area contributed by atoms with E-state index in [0.29, 0.717) is 17.5 Å². The highest BCUT2D eigenvalue weighted by molar-refractivity contribution is 9.10. The van der Waals surface area contributed by atoms with E-state index in [-0.39, 0.29) is 0 Å². The Morgan fingerprint density at radius 2 is 1.85 bits per heavy atom. The standard InChI is InChI=1S/C27H32BrN8O2P/c1-37-23-7-4-18(29-10-11-36-12-14-38-15-13-36)16-22(23)34-27-32-17-19(28)26(35-27)33-21-6-5-20-24(25(21)39(2)3)31-9-8-30-20/h4-9,16-17,29H,10-15H2,1-3H3,(H2,32,33,34,35). The summed E-state index contributed by atoms with van der Waals surface area (Å²) in [6.07, 6.45) is 5.18. The average Bonchev–Trinajstić information content (AvgIpc) is 2.95. The van der Waals surface area contributed by atoms with Crippen molar-refractivity contribution in [2.45, 2.75) is 0 Å². The number of nitrogens with zero attached hydrogens (tertiary/aromatic N) is 5. The molecule has 1 saturated heterocycles. The minimum atomic E-state index is -0.462. The van der Waals surface area contributed by atoms with Crippen molar-refractivity contribution in [3.8, 4) is 5.75 Å². The Hall–Kier alpha value is -3.11. The molecule has 0 aliphatic carbocycles. The van der Waals surface area contributed by atoms with Crippen molar-refractivity contribution in [3.63, 3.8) is 0 Å². The van der Waals surface area contributed by atoms with Crippen LogP contribution in [0.4, 0.5) is 28.8 Å². The fraction of sp³-hybridized carbons (Fsp3) is 0.333. The van der Waals surface area contributed by atoms with Gasteiger partial charge in [-0.2, -0.15) is 4.98 Å². The van der Waals surface area contributed by atoms with Crippen molar-refractivity contribution < 1.29 is 9.47 Å². The number of hydrogen-bond acceptors (Lipinski definition) is 10. The zero-order valence-corrected chi connectivity index (χ0v) is 24.7. The average molecular weight is 611 g/mol. The molecule has 2 aromatic heterocycles. The molecule has 0 atom stereocenters. The topological polar surface area (TPSA) is 109 Å². The number of rotatable bonds is 10. The van der Waals surface area contributed by atoms with Gasteiger partial charge in [-0.05, 0) is 59.6 Å². The summed E-state index contributed by atoms with van der Waals surface area (Å²) in [4.78, 5) is 20.7. The molecule has 5 rings (SSSR count). The molecule has 3 N–H and O–H groups in total. The Morgan fingerprint density at radius 1 is 1.03 bits per heavy atom. The van der Waals surface area contributed by atoms with Crippen LogP contribution in [0.3, 0.4) is 0 Å². The van der Waals surface area contributed by atoms with Crippen LogP contribution < -0.4 is 26.0 Å². The van der Waals surface area contributed by atoms with Crippen LogP contribution in [0.25, 0.3) is 11.0 Å².